The number of Topliss-reactive ketones (excluding diaryl/α,β-unsaturated/α-hetero) is 1. The molecule has 0 aromatic heterocycles. The van der Waals surface area contributed by atoms with Crippen molar-refractivity contribution in [2.45, 2.75) is 31.6 Å². The number of anilines is 1. The second-order valence-corrected chi connectivity index (χ2v) is 5.74. The lowest BCUT2D eigenvalue weighted by Gasteiger charge is -2.11. The molecule has 2 rings (SSSR count). The van der Waals surface area contributed by atoms with Crippen molar-refractivity contribution >= 4 is 27.4 Å². The molecule has 1 aliphatic carbocycles. The molecule has 2 N–H and O–H groups in total. The molecule has 0 saturated heterocycles. The molecule has 2 nitrogen and oxygen atoms in total. The third kappa shape index (κ3) is 3.07. The molecule has 98 valence electrons. The van der Waals surface area contributed by atoms with Crippen molar-refractivity contribution in [1.29, 1.82) is 0 Å². The van der Waals surface area contributed by atoms with Gasteiger partial charge in [0.15, 0.2) is 5.78 Å². The third-order valence-corrected chi connectivity index (χ3v) is 3.79. The quantitative estimate of drug-likeness (QED) is 0.675. The van der Waals surface area contributed by atoms with Crippen LogP contribution in [0.25, 0.3) is 0 Å². The molecule has 1 atom stereocenters. The molecule has 0 radical (unpaired) electrons. The Morgan fingerprint density at radius 1 is 1.50 bits per heavy atom. The Labute approximate surface area is 113 Å². The summed E-state index contributed by atoms with van der Waals surface area (Å²) >= 11 is 3.26. The van der Waals surface area contributed by atoms with Gasteiger partial charge in [0.05, 0.1) is 0 Å². The molecule has 0 bridgehead atoms. The van der Waals surface area contributed by atoms with E-state index < -0.39 is 5.92 Å². The van der Waals surface area contributed by atoms with E-state index in [0.717, 1.165) is 4.47 Å². The number of alkyl halides is 2. The molecule has 1 fully saturated rings. The smallest absolute Gasteiger partial charge is 0.248 e. The van der Waals surface area contributed by atoms with Crippen molar-refractivity contribution in [3.63, 3.8) is 0 Å². The second-order valence-electron chi connectivity index (χ2n) is 4.82. The second kappa shape index (κ2) is 4.96. The van der Waals surface area contributed by atoms with Gasteiger partial charge in [-0.1, -0.05) is 15.9 Å². The summed E-state index contributed by atoms with van der Waals surface area (Å²) in [6, 6.07) is 5.01. The minimum atomic E-state index is -2.60. The van der Waals surface area contributed by atoms with Crippen LogP contribution in [0.5, 0.6) is 0 Å². The lowest BCUT2D eigenvalue weighted by atomic mass is 9.96. The summed E-state index contributed by atoms with van der Waals surface area (Å²) in [6.07, 6.45) is 0.270. The Balaban J connectivity index is 2.04. The van der Waals surface area contributed by atoms with Gasteiger partial charge in [0, 0.05) is 35.0 Å². The number of hydrogen-bond acceptors (Lipinski definition) is 2. The molecule has 1 unspecified atom stereocenters. The van der Waals surface area contributed by atoms with E-state index in [0.29, 0.717) is 17.7 Å². The van der Waals surface area contributed by atoms with Crippen molar-refractivity contribution < 1.29 is 13.6 Å². The van der Waals surface area contributed by atoms with Crippen LogP contribution in [0.3, 0.4) is 0 Å². The highest BCUT2D eigenvalue weighted by Gasteiger charge is 2.40. The minimum absolute atomic E-state index is 0.110. The fraction of sp³-hybridized carbons (Fsp3) is 0.462. The summed E-state index contributed by atoms with van der Waals surface area (Å²) in [7, 11) is 0. The van der Waals surface area contributed by atoms with E-state index in [9.17, 15) is 13.6 Å². The van der Waals surface area contributed by atoms with E-state index in [-0.39, 0.29) is 31.0 Å². The van der Waals surface area contributed by atoms with Crippen molar-refractivity contribution in [2.24, 2.45) is 5.92 Å². The number of halogens is 3. The summed E-state index contributed by atoms with van der Waals surface area (Å²) in [6.45, 7) is 0. The minimum Gasteiger partial charge on any atom is -0.398 e. The average Bonchev–Trinajstić information content (AvgIpc) is 2.57. The first kappa shape index (κ1) is 13.5. The van der Waals surface area contributed by atoms with Crippen LogP contribution < -0.4 is 5.73 Å². The highest BCUT2D eigenvalue weighted by Crippen LogP contribution is 2.40. The average molecular weight is 318 g/mol. The maximum Gasteiger partial charge on any atom is 0.248 e. The van der Waals surface area contributed by atoms with Gasteiger partial charge < -0.3 is 5.73 Å². The number of benzene rings is 1. The van der Waals surface area contributed by atoms with Crippen LogP contribution in [0.1, 0.15) is 36.0 Å². The van der Waals surface area contributed by atoms with Crippen LogP contribution in [0.4, 0.5) is 14.5 Å². The van der Waals surface area contributed by atoms with Gasteiger partial charge in [-0.2, -0.15) is 0 Å². The van der Waals surface area contributed by atoms with E-state index in [4.69, 9.17) is 5.73 Å². The summed E-state index contributed by atoms with van der Waals surface area (Å²) in [4.78, 5) is 12.0. The van der Waals surface area contributed by atoms with E-state index in [1.807, 2.05) is 0 Å². The van der Waals surface area contributed by atoms with Gasteiger partial charge in [-0.15, -0.1) is 0 Å². The molecule has 0 spiro atoms. The molecule has 1 aliphatic rings. The molecule has 0 heterocycles. The first-order valence-corrected chi connectivity index (χ1v) is 6.63. The summed E-state index contributed by atoms with van der Waals surface area (Å²) in [5.41, 5.74) is 6.56. The molecule has 0 aliphatic heterocycles. The van der Waals surface area contributed by atoms with Crippen molar-refractivity contribution in [3.8, 4) is 0 Å². The van der Waals surface area contributed by atoms with Crippen LogP contribution in [-0.4, -0.2) is 11.7 Å². The Morgan fingerprint density at radius 2 is 2.22 bits per heavy atom. The van der Waals surface area contributed by atoms with Crippen LogP contribution in [-0.2, 0) is 0 Å². The highest BCUT2D eigenvalue weighted by atomic mass is 79.9. The van der Waals surface area contributed by atoms with Gasteiger partial charge in [0.1, 0.15) is 0 Å². The molecule has 1 aromatic rings. The standard InChI is InChI=1S/C13H14BrF2NO/c14-9-1-2-10(11(17)6-9)12(18)5-8-3-4-13(15,16)7-8/h1-2,6,8H,3-5,7,17H2. The number of nitrogen functional groups attached to an aromatic ring is 1. The van der Waals surface area contributed by atoms with Gasteiger partial charge in [-0.25, -0.2) is 8.78 Å². The molecular weight excluding hydrogens is 304 g/mol. The van der Waals surface area contributed by atoms with Gasteiger partial charge in [0.25, 0.3) is 0 Å². The normalized spacial score (nSPS) is 22.1. The third-order valence-electron chi connectivity index (χ3n) is 3.29. The maximum atomic E-state index is 13.0. The Morgan fingerprint density at radius 3 is 2.78 bits per heavy atom. The lowest BCUT2D eigenvalue weighted by Crippen LogP contribution is -2.12. The van der Waals surface area contributed by atoms with Crippen molar-refractivity contribution in [1.82, 2.24) is 0 Å². The van der Waals surface area contributed by atoms with Gasteiger partial charge in [-0.05, 0) is 30.5 Å². The molecule has 5 heteroatoms. The summed E-state index contributed by atoms with van der Waals surface area (Å²) in [5.74, 6) is -2.98. The molecular formula is C13H14BrF2NO. The molecule has 18 heavy (non-hydrogen) atoms. The van der Waals surface area contributed by atoms with E-state index in [1.165, 1.54) is 0 Å². The zero-order valence-corrected chi connectivity index (χ0v) is 11.3. The summed E-state index contributed by atoms with van der Waals surface area (Å²) in [5, 5.41) is 0. The van der Waals surface area contributed by atoms with E-state index >= 15 is 0 Å². The monoisotopic (exact) mass is 317 g/mol. The maximum absolute atomic E-state index is 13.0. The number of carbonyl (C=O) groups is 1. The predicted molar refractivity (Wildman–Crippen MR) is 69.8 cm³/mol. The van der Waals surface area contributed by atoms with E-state index in [2.05, 4.69) is 15.9 Å². The largest absolute Gasteiger partial charge is 0.398 e. The van der Waals surface area contributed by atoms with Gasteiger partial charge >= 0.3 is 0 Å². The molecule has 1 aromatic carbocycles. The number of nitrogens with two attached hydrogens (primary N) is 1. The Bertz CT molecular complexity index is 476. The lowest BCUT2D eigenvalue weighted by molar-refractivity contribution is 0.00497. The number of rotatable bonds is 3. The van der Waals surface area contributed by atoms with E-state index in [1.54, 1.807) is 18.2 Å². The zero-order chi connectivity index (χ0) is 13.3. The van der Waals surface area contributed by atoms with Crippen LogP contribution >= 0.6 is 15.9 Å². The van der Waals surface area contributed by atoms with Crippen LogP contribution in [0.2, 0.25) is 0 Å². The highest BCUT2D eigenvalue weighted by molar-refractivity contribution is 9.10. The first-order valence-electron chi connectivity index (χ1n) is 5.83. The Kier molecular flexibility index (Phi) is 3.71. The number of hydrogen-bond donors (Lipinski definition) is 1. The topological polar surface area (TPSA) is 43.1 Å². The summed E-state index contributed by atoms with van der Waals surface area (Å²) < 4.78 is 26.9. The number of ketones is 1. The van der Waals surface area contributed by atoms with Crippen molar-refractivity contribution in [2.75, 3.05) is 5.73 Å². The van der Waals surface area contributed by atoms with Crippen molar-refractivity contribution in [3.05, 3.63) is 28.2 Å². The Hall–Kier alpha value is -0.970. The zero-order valence-electron chi connectivity index (χ0n) is 9.76. The SMILES string of the molecule is Nc1cc(Br)ccc1C(=O)CC1CCC(F)(F)C1. The number of carbonyl (C=O) groups excluding carboxylic acids is 1. The molecule has 1 saturated carbocycles. The van der Waals surface area contributed by atoms with Crippen LogP contribution in [0.15, 0.2) is 22.7 Å². The van der Waals surface area contributed by atoms with Gasteiger partial charge in [0.2, 0.25) is 5.92 Å². The molecule has 0 amide bonds. The van der Waals surface area contributed by atoms with Crippen LogP contribution in [0, 0.1) is 5.92 Å². The fourth-order valence-corrected chi connectivity index (χ4v) is 2.75. The predicted octanol–water partition coefficient (Wildman–Crippen LogP) is 4.04. The fourth-order valence-electron chi connectivity index (χ4n) is 2.38. The first-order chi connectivity index (χ1) is 8.37. The van der Waals surface area contributed by atoms with Gasteiger partial charge in [-0.3, -0.25) is 4.79 Å².